The van der Waals surface area contributed by atoms with Crippen molar-refractivity contribution in [3.8, 4) is 0 Å². The fourth-order valence-corrected chi connectivity index (χ4v) is 3.22. The molecule has 2 rings (SSSR count). The minimum Gasteiger partial charge on any atom is -0.313 e. The minimum atomic E-state index is 0.426. The van der Waals surface area contributed by atoms with E-state index < -0.39 is 0 Å². The van der Waals surface area contributed by atoms with Crippen molar-refractivity contribution < 1.29 is 0 Å². The summed E-state index contributed by atoms with van der Waals surface area (Å²) in [6, 6.07) is 9.36. The SMILES string of the molecule is CC1CCC(NCCN(C)C(C)c2ccc(Cl)cc2)CC1. The van der Waals surface area contributed by atoms with E-state index in [-0.39, 0.29) is 0 Å². The lowest BCUT2D eigenvalue weighted by Crippen LogP contribution is -2.38. The van der Waals surface area contributed by atoms with E-state index in [1.807, 2.05) is 12.1 Å². The molecule has 21 heavy (non-hydrogen) atoms. The van der Waals surface area contributed by atoms with Gasteiger partial charge in [-0.25, -0.2) is 0 Å². The Morgan fingerprint density at radius 2 is 1.81 bits per heavy atom. The van der Waals surface area contributed by atoms with Gasteiger partial charge >= 0.3 is 0 Å². The van der Waals surface area contributed by atoms with E-state index in [0.717, 1.165) is 30.1 Å². The van der Waals surface area contributed by atoms with Crippen LogP contribution in [0, 0.1) is 5.92 Å². The highest BCUT2D eigenvalue weighted by molar-refractivity contribution is 6.30. The zero-order valence-electron chi connectivity index (χ0n) is 13.6. The van der Waals surface area contributed by atoms with Gasteiger partial charge < -0.3 is 5.32 Å². The Bertz CT molecular complexity index is 410. The second-order valence-corrected chi connectivity index (χ2v) is 7.06. The number of hydrogen-bond acceptors (Lipinski definition) is 2. The molecule has 1 atom stereocenters. The van der Waals surface area contributed by atoms with E-state index >= 15 is 0 Å². The van der Waals surface area contributed by atoms with Crippen molar-refractivity contribution in [2.45, 2.75) is 51.6 Å². The summed E-state index contributed by atoms with van der Waals surface area (Å²) in [5, 5.41) is 4.53. The van der Waals surface area contributed by atoms with Gasteiger partial charge in [-0.3, -0.25) is 4.90 Å². The minimum absolute atomic E-state index is 0.426. The molecule has 0 aromatic heterocycles. The summed E-state index contributed by atoms with van der Waals surface area (Å²) in [7, 11) is 2.20. The molecule has 0 aliphatic heterocycles. The van der Waals surface area contributed by atoms with E-state index in [2.05, 4.69) is 43.2 Å². The fraction of sp³-hybridized carbons (Fsp3) is 0.667. The second-order valence-electron chi connectivity index (χ2n) is 6.62. The lowest BCUT2D eigenvalue weighted by molar-refractivity contribution is 0.244. The number of likely N-dealkylation sites (N-methyl/N-ethyl adjacent to an activating group) is 1. The van der Waals surface area contributed by atoms with Crippen LogP contribution in [-0.4, -0.2) is 31.1 Å². The van der Waals surface area contributed by atoms with Crippen LogP contribution in [-0.2, 0) is 0 Å². The highest BCUT2D eigenvalue weighted by atomic mass is 35.5. The van der Waals surface area contributed by atoms with E-state index in [4.69, 9.17) is 11.6 Å². The van der Waals surface area contributed by atoms with Crippen LogP contribution < -0.4 is 5.32 Å². The first kappa shape index (κ1) is 16.8. The lowest BCUT2D eigenvalue weighted by Gasteiger charge is -2.29. The molecule has 0 heterocycles. The third-order valence-electron chi connectivity index (χ3n) is 4.93. The topological polar surface area (TPSA) is 15.3 Å². The molecule has 1 N–H and O–H groups in total. The Hall–Kier alpha value is -0.570. The summed E-state index contributed by atoms with van der Waals surface area (Å²) < 4.78 is 0. The molecule has 1 aliphatic rings. The first-order valence-electron chi connectivity index (χ1n) is 8.25. The van der Waals surface area contributed by atoms with Crippen LogP contribution in [0.25, 0.3) is 0 Å². The van der Waals surface area contributed by atoms with Crippen molar-refractivity contribution in [2.75, 3.05) is 20.1 Å². The van der Waals surface area contributed by atoms with Gasteiger partial charge in [0.25, 0.3) is 0 Å². The molecule has 0 spiro atoms. The van der Waals surface area contributed by atoms with Crippen molar-refractivity contribution in [1.29, 1.82) is 0 Å². The summed E-state index contributed by atoms with van der Waals surface area (Å²) in [5.74, 6) is 0.927. The van der Waals surface area contributed by atoms with Gasteiger partial charge in [0.05, 0.1) is 0 Å². The Kier molecular flexibility index (Phi) is 6.53. The van der Waals surface area contributed by atoms with Crippen LogP contribution >= 0.6 is 11.6 Å². The van der Waals surface area contributed by atoms with Gasteiger partial charge in [-0.05, 0) is 63.3 Å². The van der Waals surface area contributed by atoms with Crippen LogP contribution in [0.4, 0.5) is 0 Å². The van der Waals surface area contributed by atoms with E-state index in [1.165, 1.54) is 31.2 Å². The van der Waals surface area contributed by atoms with Crippen LogP contribution in [0.15, 0.2) is 24.3 Å². The maximum absolute atomic E-state index is 5.95. The zero-order valence-corrected chi connectivity index (χ0v) is 14.4. The molecule has 1 fully saturated rings. The maximum Gasteiger partial charge on any atom is 0.0406 e. The third kappa shape index (κ3) is 5.28. The standard InChI is InChI=1S/C18H29ClN2/c1-14-4-10-18(11-5-14)20-12-13-21(3)15(2)16-6-8-17(19)9-7-16/h6-9,14-15,18,20H,4-5,10-13H2,1-3H3. The van der Waals surface area contributed by atoms with E-state index in [1.54, 1.807) is 0 Å². The van der Waals surface area contributed by atoms with Crippen molar-refractivity contribution in [3.05, 3.63) is 34.9 Å². The molecular formula is C18H29ClN2. The molecule has 0 bridgehead atoms. The van der Waals surface area contributed by atoms with Crippen molar-refractivity contribution in [3.63, 3.8) is 0 Å². The molecule has 1 aromatic carbocycles. The molecule has 118 valence electrons. The number of nitrogens with one attached hydrogen (secondary N) is 1. The van der Waals surface area contributed by atoms with Gasteiger partial charge in [0.1, 0.15) is 0 Å². The van der Waals surface area contributed by atoms with Crippen LogP contribution in [0.5, 0.6) is 0 Å². The lowest BCUT2D eigenvalue weighted by atomic mass is 9.87. The first-order chi connectivity index (χ1) is 10.1. The monoisotopic (exact) mass is 308 g/mol. The average Bonchev–Trinajstić information content (AvgIpc) is 2.49. The molecule has 1 unspecified atom stereocenters. The van der Waals surface area contributed by atoms with Gasteiger partial charge in [0.15, 0.2) is 0 Å². The number of rotatable bonds is 6. The molecule has 0 amide bonds. The van der Waals surface area contributed by atoms with Gasteiger partial charge in [-0.1, -0.05) is 30.7 Å². The Balaban J connectivity index is 1.71. The number of nitrogens with zero attached hydrogens (tertiary/aromatic N) is 1. The van der Waals surface area contributed by atoms with E-state index in [9.17, 15) is 0 Å². The number of hydrogen-bond donors (Lipinski definition) is 1. The third-order valence-corrected chi connectivity index (χ3v) is 5.18. The highest BCUT2D eigenvalue weighted by Crippen LogP contribution is 2.23. The largest absolute Gasteiger partial charge is 0.313 e. The normalized spacial score (nSPS) is 24.2. The first-order valence-corrected chi connectivity index (χ1v) is 8.63. The molecule has 0 saturated heterocycles. The molecular weight excluding hydrogens is 280 g/mol. The quantitative estimate of drug-likeness (QED) is 0.832. The maximum atomic E-state index is 5.95. The second kappa shape index (κ2) is 8.17. The molecule has 3 heteroatoms. The number of halogens is 1. The van der Waals surface area contributed by atoms with Crippen molar-refractivity contribution in [2.24, 2.45) is 5.92 Å². The summed E-state index contributed by atoms with van der Waals surface area (Å²) in [6.07, 6.45) is 5.46. The predicted octanol–water partition coefficient (Wildman–Crippen LogP) is 4.50. The van der Waals surface area contributed by atoms with Crippen molar-refractivity contribution in [1.82, 2.24) is 10.2 Å². The summed E-state index contributed by atoms with van der Waals surface area (Å²) in [4.78, 5) is 2.40. The summed E-state index contributed by atoms with van der Waals surface area (Å²) in [5.41, 5.74) is 1.33. The Morgan fingerprint density at radius 3 is 2.43 bits per heavy atom. The predicted molar refractivity (Wildman–Crippen MR) is 91.9 cm³/mol. The van der Waals surface area contributed by atoms with Crippen LogP contribution in [0.2, 0.25) is 5.02 Å². The van der Waals surface area contributed by atoms with Gasteiger partial charge in [0, 0.05) is 30.2 Å². The fourth-order valence-electron chi connectivity index (χ4n) is 3.10. The van der Waals surface area contributed by atoms with Crippen molar-refractivity contribution >= 4 is 11.6 Å². The zero-order chi connectivity index (χ0) is 15.2. The molecule has 1 aliphatic carbocycles. The van der Waals surface area contributed by atoms with Crippen LogP contribution in [0.1, 0.15) is 51.1 Å². The van der Waals surface area contributed by atoms with Gasteiger partial charge in [-0.2, -0.15) is 0 Å². The molecule has 1 saturated carbocycles. The molecule has 1 aromatic rings. The summed E-state index contributed by atoms with van der Waals surface area (Å²) >= 11 is 5.95. The average molecular weight is 309 g/mol. The Labute approximate surface area is 134 Å². The highest BCUT2D eigenvalue weighted by Gasteiger charge is 2.18. The van der Waals surface area contributed by atoms with Gasteiger partial charge in [0.2, 0.25) is 0 Å². The Morgan fingerprint density at radius 1 is 1.19 bits per heavy atom. The molecule has 0 radical (unpaired) electrons. The number of benzene rings is 1. The van der Waals surface area contributed by atoms with Gasteiger partial charge in [-0.15, -0.1) is 0 Å². The van der Waals surface area contributed by atoms with E-state index in [0.29, 0.717) is 6.04 Å². The van der Waals surface area contributed by atoms with Crippen LogP contribution in [0.3, 0.4) is 0 Å². The summed E-state index contributed by atoms with van der Waals surface area (Å²) in [6.45, 7) is 6.78. The molecule has 2 nitrogen and oxygen atoms in total. The smallest absolute Gasteiger partial charge is 0.0406 e.